The van der Waals surface area contributed by atoms with Gasteiger partial charge in [-0.05, 0) is 30.4 Å². The highest BCUT2D eigenvalue weighted by Crippen LogP contribution is 2.68. The molecule has 3 N–H and O–H groups in total. The third-order valence-corrected chi connectivity index (χ3v) is 9.83. The summed E-state index contributed by atoms with van der Waals surface area (Å²) in [5, 5.41) is 16.2. The molecule has 3 saturated heterocycles. The molecule has 9 heteroatoms. The fourth-order valence-corrected chi connectivity index (χ4v) is 8.56. The molecule has 1 aromatic carbocycles. The van der Waals surface area contributed by atoms with E-state index in [1.165, 1.54) is 0 Å². The van der Waals surface area contributed by atoms with Crippen molar-refractivity contribution in [2.45, 2.75) is 49.3 Å². The van der Waals surface area contributed by atoms with Crippen LogP contribution >= 0.6 is 23.4 Å². The molecular weight excluding hydrogens is 450 g/mol. The first-order valence-electron chi connectivity index (χ1n) is 11.1. The Labute approximate surface area is 197 Å². The summed E-state index contributed by atoms with van der Waals surface area (Å²) in [7, 11) is 1.58. The van der Waals surface area contributed by atoms with Gasteiger partial charge in [0, 0.05) is 12.3 Å². The third-order valence-electron chi connectivity index (χ3n) is 7.43. The molecule has 7 atom stereocenters. The van der Waals surface area contributed by atoms with Gasteiger partial charge in [0.2, 0.25) is 17.7 Å². The van der Waals surface area contributed by atoms with E-state index in [1.54, 1.807) is 48.0 Å². The van der Waals surface area contributed by atoms with Gasteiger partial charge in [-0.2, -0.15) is 0 Å². The summed E-state index contributed by atoms with van der Waals surface area (Å²) in [5.74, 6) is -1.79. The van der Waals surface area contributed by atoms with Gasteiger partial charge in [-0.25, -0.2) is 0 Å². The van der Waals surface area contributed by atoms with E-state index in [-0.39, 0.29) is 41.4 Å². The number of carbonyl (C=O) groups is 3. The zero-order valence-corrected chi connectivity index (χ0v) is 20.2. The van der Waals surface area contributed by atoms with Crippen molar-refractivity contribution in [1.82, 2.24) is 10.2 Å². The number of likely N-dealkylation sites (tertiary alicyclic amines) is 1. The first-order valence-corrected chi connectivity index (χ1v) is 12.3. The van der Waals surface area contributed by atoms with E-state index in [4.69, 9.17) is 11.6 Å². The fourth-order valence-electron chi connectivity index (χ4n) is 5.97. The quantitative estimate of drug-likeness (QED) is 0.582. The molecule has 1 aromatic rings. The molecule has 3 heterocycles. The lowest BCUT2D eigenvalue weighted by Gasteiger charge is -2.40. The maximum atomic E-state index is 13.9. The second kappa shape index (κ2) is 8.54. The molecule has 174 valence electrons. The number of aliphatic hydroxyl groups is 1. The summed E-state index contributed by atoms with van der Waals surface area (Å²) < 4.78 is -0.730. The lowest BCUT2D eigenvalue weighted by molar-refractivity contribution is -0.142. The molecule has 4 rings (SSSR count). The predicted octanol–water partition coefficient (Wildman–Crippen LogP) is 2.38. The van der Waals surface area contributed by atoms with Crippen LogP contribution in [0.2, 0.25) is 5.02 Å². The summed E-state index contributed by atoms with van der Waals surface area (Å²) in [6.07, 6.45) is 0.766. The number of nitrogens with zero attached hydrogens (tertiary/aromatic N) is 1. The molecule has 1 spiro atoms. The second-order valence-corrected chi connectivity index (χ2v) is 11.3. The molecule has 3 amide bonds. The molecule has 3 unspecified atom stereocenters. The van der Waals surface area contributed by atoms with Crippen LogP contribution < -0.4 is 10.6 Å². The molecule has 7 nitrogen and oxygen atoms in total. The molecule has 0 aliphatic carbocycles. The lowest BCUT2D eigenvalue weighted by atomic mass is 9.66. The summed E-state index contributed by atoms with van der Waals surface area (Å²) in [5.41, 5.74) is 0.476. The standard InChI is InChI=1S/C23H30ClN3O4S/c1-11(2)15(10-28)27-19(21(30)26-14-8-6-5-7-13(14)24)23-12(3)9-16(32-23)17(20(29)25-4)18(23)22(27)31/h5-8,11-12,15-19,28H,9-10H2,1-4H3,(H,25,29)(H,26,30)/t12?,15-,16+,17-,18-,19?,23?/m0/s1. The normalized spacial score (nSPS) is 34.0. The smallest absolute Gasteiger partial charge is 0.248 e. The summed E-state index contributed by atoms with van der Waals surface area (Å²) in [6.45, 7) is 5.66. The van der Waals surface area contributed by atoms with Crippen molar-refractivity contribution in [3.63, 3.8) is 0 Å². The number of fused-ring (bicyclic) bond motifs is 1. The van der Waals surface area contributed by atoms with Crippen LogP contribution in [-0.4, -0.2) is 63.5 Å². The Morgan fingerprint density at radius 3 is 2.59 bits per heavy atom. The minimum atomic E-state index is -0.810. The van der Waals surface area contributed by atoms with Crippen LogP contribution in [0.3, 0.4) is 0 Å². The van der Waals surface area contributed by atoms with E-state index in [0.29, 0.717) is 10.7 Å². The molecule has 0 aromatic heterocycles. The largest absolute Gasteiger partial charge is 0.394 e. The topological polar surface area (TPSA) is 98.7 Å². The van der Waals surface area contributed by atoms with Crippen LogP contribution in [0.1, 0.15) is 27.2 Å². The number of anilines is 1. The number of hydrogen-bond donors (Lipinski definition) is 3. The van der Waals surface area contributed by atoms with Crippen molar-refractivity contribution < 1.29 is 19.5 Å². The zero-order valence-electron chi connectivity index (χ0n) is 18.7. The van der Waals surface area contributed by atoms with Crippen molar-refractivity contribution >= 4 is 46.8 Å². The van der Waals surface area contributed by atoms with E-state index in [1.807, 2.05) is 13.8 Å². The number of halogens is 1. The molecule has 3 aliphatic heterocycles. The Morgan fingerprint density at radius 2 is 2.00 bits per heavy atom. The molecule has 0 saturated carbocycles. The Kier molecular flexibility index (Phi) is 6.24. The monoisotopic (exact) mass is 479 g/mol. The van der Waals surface area contributed by atoms with E-state index in [9.17, 15) is 19.5 Å². The highest BCUT2D eigenvalue weighted by atomic mass is 35.5. The van der Waals surface area contributed by atoms with Gasteiger partial charge in [-0.3, -0.25) is 14.4 Å². The molecule has 3 fully saturated rings. The Hall–Kier alpha value is -1.77. The second-order valence-electron chi connectivity index (χ2n) is 9.38. The molecule has 2 bridgehead atoms. The fraction of sp³-hybridized carbons (Fsp3) is 0.609. The average Bonchev–Trinajstić information content (AvgIpc) is 3.34. The molecule has 32 heavy (non-hydrogen) atoms. The Morgan fingerprint density at radius 1 is 1.31 bits per heavy atom. The minimum absolute atomic E-state index is 0.0108. The van der Waals surface area contributed by atoms with Gasteiger partial charge in [-0.15, -0.1) is 11.8 Å². The van der Waals surface area contributed by atoms with Gasteiger partial charge in [0.05, 0.1) is 39.9 Å². The predicted molar refractivity (Wildman–Crippen MR) is 125 cm³/mol. The van der Waals surface area contributed by atoms with Crippen LogP contribution in [0.5, 0.6) is 0 Å². The Balaban J connectivity index is 1.82. The molecule has 3 aliphatic rings. The summed E-state index contributed by atoms with van der Waals surface area (Å²) in [4.78, 5) is 42.1. The van der Waals surface area contributed by atoms with Gasteiger partial charge in [0.1, 0.15) is 6.04 Å². The van der Waals surface area contributed by atoms with Gasteiger partial charge in [0.25, 0.3) is 0 Å². The van der Waals surface area contributed by atoms with Crippen molar-refractivity contribution in [3.05, 3.63) is 29.3 Å². The van der Waals surface area contributed by atoms with Crippen LogP contribution in [0, 0.1) is 23.7 Å². The van der Waals surface area contributed by atoms with Crippen LogP contribution in [0.4, 0.5) is 5.69 Å². The number of hydrogen-bond acceptors (Lipinski definition) is 5. The number of thioether (sulfide) groups is 1. The molecular formula is C23H30ClN3O4S. The van der Waals surface area contributed by atoms with Gasteiger partial charge < -0.3 is 20.6 Å². The summed E-state index contributed by atoms with van der Waals surface area (Å²) >= 11 is 7.90. The van der Waals surface area contributed by atoms with Crippen LogP contribution in [0.25, 0.3) is 0 Å². The van der Waals surface area contributed by atoms with Crippen molar-refractivity contribution in [2.24, 2.45) is 23.7 Å². The SMILES string of the molecule is CNC(=O)[C@@H]1[C@H]2C(=O)N([C@@H](CO)C(C)C)C(C(=O)Nc3ccccc3Cl)C23S[C@@H]1CC3C. The highest BCUT2D eigenvalue weighted by Gasteiger charge is 2.76. The van der Waals surface area contributed by atoms with Gasteiger partial charge >= 0.3 is 0 Å². The first-order chi connectivity index (χ1) is 15.2. The number of amides is 3. The van der Waals surface area contributed by atoms with Gasteiger partial charge in [-0.1, -0.05) is 44.5 Å². The number of carbonyl (C=O) groups excluding carboxylic acids is 3. The minimum Gasteiger partial charge on any atom is -0.394 e. The van der Waals surface area contributed by atoms with E-state index in [2.05, 4.69) is 17.6 Å². The average molecular weight is 480 g/mol. The number of para-hydroxylation sites is 1. The number of rotatable bonds is 6. The van der Waals surface area contributed by atoms with Crippen LogP contribution in [0.15, 0.2) is 24.3 Å². The van der Waals surface area contributed by atoms with Crippen molar-refractivity contribution in [3.8, 4) is 0 Å². The maximum Gasteiger partial charge on any atom is 0.248 e. The third kappa shape index (κ3) is 3.25. The zero-order chi connectivity index (χ0) is 23.4. The van der Waals surface area contributed by atoms with Crippen molar-refractivity contribution in [2.75, 3.05) is 19.0 Å². The Bertz CT molecular complexity index is 944. The van der Waals surface area contributed by atoms with E-state index < -0.39 is 28.7 Å². The molecule has 0 radical (unpaired) electrons. The highest BCUT2D eigenvalue weighted by molar-refractivity contribution is 8.02. The number of aliphatic hydroxyl groups excluding tert-OH is 1. The van der Waals surface area contributed by atoms with Crippen LogP contribution in [-0.2, 0) is 14.4 Å². The number of nitrogens with one attached hydrogen (secondary N) is 2. The lowest BCUT2D eigenvalue weighted by Crippen LogP contribution is -2.57. The first kappa shape index (κ1) is 23.4. The number of benzene rings is 1. The van der Waals surface area contributed by atoms with E-state index >= 15 is 0 Å². The van der Waals surface area contributed by atoms with Crippen molar-refractivity contribution in [1.29, 1.82) is 0 Å². The maximum absolute atomic E-state index is 13.9. The summed E-state index contributed by atoms with van der Waals surface area (Å²) in [6, 6.07) is 5.64. The van der Waals surface area contributed by atoms with E-state index in [0.717, 1.165) is 6.42 Å². The van der Waals surface area contributed by atoms with Gasteiger partial charge in [0.15, 0.2) is 0 Å².